The Balaban J connectivity index is 2.11. The fraction of sp³-hybridized carbons (Fsp3) is 0.500. The van der Waals surface area contributed by atoms with Gasteiger partial charge >= 0.3 is 0 Å². The van der Waals surface area contributed by atoms with E-state index in [-0.39, 0.29) is 11.7 Å². The minimum absolute atomic E-state index is 0.0178. The van der Waals surface area contributed by atoms with Crippen LogP contribution in [0, 0.1) is 23.4 Å². The van der Waals surface area contributed by atoms with Crippen LogP contribution in [0.15, 0.2) is 12.1 Å². The zero-order chi connectivity index (χ0) is 12.4. The van der Waals surface area contributed by atoms with E-state index in [2.05, 4.69) is 5.32 Å². The summed E-state index contributed by atoms with van der Waals surface area (Å²) in [5, 5.41) is 2.98. The van der Waals surface area contributed by atoms with Gasteiger partial charge in [0.05, 0.1) is 12.6 Å². The number of hydrogen-bond acceptors (Lipinski definition) is 2. The molecule has 1 N–H and O–H groups in total. The highest BCUT2D eigenvalue weighted by Gasteiger charge is 2.31. The molecular formula is C12H14F3NO. The Morgan fingerprint density at radius 2 is 1.88 bits per heavy atom. The minimum Gasteiger partial charge on any atom is -0.383 e. The van der Waals surface area contributed by atoms with Gasteiger partial charge in [-0.15, -0.1) is 0 Å². The highest BCUT2D eigenvalue weighted by Crippen LogP contribution is 2.34. The molecule has 5 heteroatoms. The topological polar surface area (TPSA) is 21.3 Å². The summed E-state index contributed by atoms with van der Waals surface area (Å²) in [6, 6.07) is 1.94. The van der Waals surface area contributed by atoms with Gasteiger partial charge in [-0.05, 0) is 18.8 Å². The molecule has 0 saturated heterocycles. The van der Waals surface area contributed by atoms with Crippen LogP contribution in [0.1, 0.15) is 12.8 Å². The van der Waals surface area contributed by atoms with E-state index in [0.29, 0.717) is 12.5 Å². The molecule has 0 spiro atoms. The second-order valence-electron chi connectivity index (χ2n) is 4.30. The first kappa shape index (κ1) is 12.2. The molecule has 1 aliphatic carbocycles. The summed E-state index contributed by atoms with van der Waals surface area (Å²) in [5.74, 6) is -3.34. The second kappa shape index (κ2) is 4.96. The Kier molecular flexibility index (Phi) is 3.57. The molecule has 0 aliphatic heterocycles. The van der Waals surface area contributed by atoms with Gasteiger partial charge in [0, 0.05) is 24.9 Å². The van der Waals surface area contributed by atoms with Crippen LogP contribution in [-0.2, 0) is 4.74 Å². The summed E-state index contributed by atoms with van der Waals surface area (Å²) >= 11 is 0. The van der Waals surface area contributed by atoms with Crippen molar-refractivity contribution in [2.75, 3.05) is 19.0 Å². The summed E-state index contributed by atoms with van der Waals surface area (Å²) < 4.78 is 43.8. The molecule has 0 heterocycles. The SMILES string of the molecule is COCC(Nc1cc(F)c(F)c(F)c1)C1CC1. The summed E-state index contributed by atoms with van der Waals surface area (Å²) in [6.07, 6.45) is 2.15. The maximum Gasteiger partial charge on any atom is 0.194 e. The molecule has 2 nitrogen and oxygen atoms in total. The number of anilines is 1. The average Bonchev–Trinajstić information content (AvgIpc) is 3.09. The van der Waals surface area contributed by atoms with E-state index in [1.54, 1.807) is 7.11 Å². The maximum absolute atomic E-state index is 13.0. The monoisotopic (exact) mass is 245 g/mol. The van der Waals surface area contributed by atoms with Crippen molar-refractivity contribution in [2.45, 2.75) is 18.9 Å². The molecule has 1 aromatic rings. The van der Waals surface area contributed by atoms with Gasteiger partial charge in [0.2, 0.25) is 0 Å². The van der Waals surface area contributed by atoms with Crippen LogP contribution >= 0.6 is 0 Å². The largest absolute Gasteiger partial charge is 0.383 e. The van der Waals surface area contributed by atoms with Crippen LogP contribution in [-0.4, -0.2) is 19.8 Å². The van der Waals surface area contributed by atoms with Gasteiger partial charge < -0.3 is 10.1 Å². The highest BCUT2D eigenvalue weighted by molar-refractivity contribution is 5.45. The van der Waals surface area contributed by atoms with Crippen LogP contribution in [0.3, 0.4) is 0 Å². The molecule has 1 aromatic carbocycles. The van der Waals surface area contributed by atoms with E-state index in [0.717, 1.165) is 25.0 Å². The minimum atomic E-state index is -1.44. The molecular weight excluding hydrogens is 231 g/mol. The van der Waals surface area contributed by atoms with Crippen molar-refractivity contribution < 1.29 is 17.9 Å². The molecule has 0 amide bonds. The lowest BCUT2D eigenvalue weighted by molar-refractivity contribution is 0.179. The summed E-state index contributed by atoms with van der Waals surface area (Å²) in [7, 11) is 1.57. The van der Waals surface area contributed by atoms with E-state index in [9.17, 15) is 13.2 Å². The number of halogens is 3. The van der Waals surface area contributed by atoms with Crippen molar-refractivity contribution in [3.8, 4) is 0 Å². The molecule has 94 valence electrons. The van der Waals surface area contributed by atoms with Gasteiger partial charge in [0.25, 0.3) is 0 Å². The van der Waals surface area contributed by atoms with Gasteiger partial charge in [0.1, 0.15) is 0 Å². The van der Waals surface area contributed by atoms with Crippen molar-refractivity contribution in [2.24, 2.45) is 5.92 Å². The van der Waals surface area contributed by atoms with Gasteiger partial charge in [-0.2, -0.15) is 0 Å². The van der Waals surface area contributed by atoms with Gasteiger partial charge in [-0.1, -0.05) is 0 Å². The van der Waals surface area contributed by atoms with E-state index in [1.165, 1.54) is 0 Å². The van der Waals surface area contributed by atoms with Crippen LogP contribution in [0.2, 0.25) is 0 Å². The van der Waals surface area contributed by atoms with Crippen molar-refractivity contribution in [1.29, 1.82) is 0 Å². The van der Waals surface area contributed by atoms with Gasteiger partial charge in [-0.3, -0.25) is 0 Å². The standard InChI is InChI=1S/C12H14F3NO/c1-17-6-11(7-2-3-7)16-8-4-9(13)12(15)10(14)5-8/h4-5,7,11,16H,2-3,6H2,1H3. The zero-order valence-electron chi connectivity index (χ0n) is 9.47. The molecule has 1 aliphatic rings. The zero-order valence-corrected chi connectivity index (χ0v) is 9.47. The predicted molar refractivity (Wildman–Crippen MR) is 58.3 cm³/mol. The molecule has 0 radical (unpaired) electrons. The summed E-state index contributed by atoms with van der Waals surface area (Å²) in [6.45, 7) is 0.464. The Morgan fingerprint density at radius 3 is 2.35 bits per heavy atom. The first-order valence-electron chi connectivity index (χ1n) is 5.52. The molecule has 2 rings (SSSR count). The molecule has 1 saturated carbocycles. The molecule has 0 aromatic heterocycles. The second-order valence-corrected chi connectivity index (χ2v) is 4.30. The Hall–Kier alpha value is -1.23. The highest BCUT2D eigenvalue weighted by atomic mass is 19.2. The lowest BCUT2D eigenvalue weighted by Gasteiger charge is -2.18. The first-order chi connectivity index (χ1) is 8.11. The summed E-state index contributed by atoms with van der Waals surface area (Å²) in [4.78, 5) is 0. The Morgan fingerprint density at radius 1 is 1.29 bits per heavy atom. The molecule has 1 atom stereocenters. The molecule has 17 heavy (non-hydrogen) atoms. The number of ether oxygens (including phenoxy) is 1. The molecule has 1 fully saturated rings. The van der Waals surface area contributed by atoms with E-state index in [1.807, 2.05) is 0 Å². The van der Waals surface area contributed by atoms with Crippen molar-refractivity contribution in [3.63, 3.8) is 0 Å². The third-order valence-corrected chi connectivity index (χ3v) is 2.87. The van der Waals surface area contributed by atoms with Crippen LogP contribution in [0.5, 0.6) is 0 Å². The predicted octanol–water partition coefficient (Wildman–Crippen LogP) is 2.94. The number of nitrogens with one attached hydrogen (secondary N) is 1. The molecule has 0 bridgehead atoms. The lowest BCUT2D eigenvalue weighted by Crippen LogP contribution is -2.27. The van der Waals surface area contributed by atoms with Gasteiger partial charge in [-0.25, -0.2) is 13.2 Å². The van der Waals surface area contributed by atoms with E-state index in [4.69, 9.17) is 4.74 Å². The number of methoxy groups -OCH3 is 1. The van der Waals surface area contributed by atoms with E-state index >= 15 is 0 Å². The number of rotatable bonds is 5. The molecule has 1 unspecified atom stereocenters. The van der Waals surface area contributed by atoms with Crippen LogP contribution in [0.25, 0.3) is 0 Å². The Labute approximate surface area is 97.8 Å². The first-order valence-corrected chi connectivity index (χ1v) is 5.52. The summed E-state index contributed by atoms with van der Waals surface area (Å²) in [5.41, 5.74) is 0.246. The number of benzene rings is 1. The quantitative estimate of drug-likeness (QED) is 0.805. The third kappa shape index (κ3) is 2.91. The van der Waals surface area contributed by atoms with Crippen LogP contribution < -0.4 is 5.32 Å². The van der Waals surface area contributed by atoms with Crippen molar-refractivity contribution in [1.82, 2.24) is 0 Å². The normalized spacial score (nSPS) is 16.9. The van der Waals surface area contributed by atoms with Crippen LogP contribution in [0.4, 0.5) is 18.9 Å². The smallest absolute Gasteiger partial charge is 0.194 e. The fourth-order valence-electron chi connectivity index (χ4n) is 1.83. The lowest BCUT2D eigenvalue weighted by atomic mass is 10.2. The Bertz CT molecular complexity index is 384. The van der Waals surface area contributed by atoms with Crippen molar-refractivity contribution in [3.05, 3.63) is 29.6 Å². The average molecular weight is 245 g/mol. The van der Waals surface area contributed by atoms with E-state index < -0.39 is 17.5 Å². The third-order valence-electron chi connectivity index (χ3n) is 2.87. The van der Waals surface area contributed by atoms with Gasteiger partial charge in [0.15, 0.2) is 17.5 Å². The van der Waals surface area contributed by atoms with Crippen molar-refractivity contribution >= 4 is 5.69 Å². The fourth-order valence-corrected chi connectivity index (χ4v) is 1.83. The number of hydrogen-bond donors (Lipinski definition) is 1. The maximum atomic E-state index is 13.0.